The van der Waals surface area contributed by atoms with Crippen molar-refractivity contribution in [2.75, 3.05) is 7.05 Å². The molecule has 22 heavy (non-hydrogen) atoms. The van der Waals surface area contributed by atoms with Crippen LogP contribution in [0.2, 0.25) is 0 Å². The van der Waals surface area contributed by atoms with Crippen LogP contribution in [0, 0.1) is 27.7 Å². The first kappa shape index (κ1) is 16.8. The van der Waals surface area contributed by atoms with E-state index >= 15 is 0 Å². The Hall–Kier alpha value is -1.60. The Morgan fingerprint density at radius 1 is 0.818 bits per heavy atom. The van der Waals surface area contributed by atoms with Crippen LogP contribution in [0.1, 0.15) is 45.9 Å². The van der Waals surface area contributed by atoms with E-state index < -0.39 is 0 Å². The molecule has 0 aliphatic carbocycles. The van der Waals surface area contributed by atoms with Crippen LogP contribution in [0.4, 0.5) is 0 Å². The van der Waals surface area contributed by atoms with Gasteiger partial charge in [-0.2, -0.15) is 0 Å². The molecule has 0 amide bonds. The number of likely N-dealkylation sites (N-methyl/N-ethyl adjacent to an activating group) is 1. The number of aryl methyl sites for hydroxylation is 4. The van der Waals surface area contributed by atoms with Gasteiger partial charge >= 0.3 is 0 Å². The lowest BCUT2D eigenvalue weighted by Crippen LogP contribution is -2.23. The van der Waals surface area contributed by atoms with Gasteiger partial charge in [-0.15, -0.1) is 0 Å². The largest absolute Gasteiger partial charge is 0.317 e. The molecule has 0 bridgehead atoms. The molecule has 0 spiro atoms. The van der Waals surface area contributed by atoms with Gasteiger partial charge in [-0.25, -0.2) is 0 Å². The Morgan fingerprint density at radius 2 is 1.36 bits per heavy atom. The van der Waals surface area contributed by atoms with Crippen molar-refractivity contribution in [1.29, 1.82) is 0 Å². The van der Waals surface area contributed by atoms with Crippen molar-refractivity contribution in [2.45, 2.75) is 53.5 Å². The molecule has 1 unspecified atom stereocenters. The first-order valence-corrected chi connectivity index (χ1v) is 8.22. The standard InChI is InChI=1S/C21H29N/c1-14-7-15(2)9-19(8-14)13-21-16(3)10-20(11-17(21)4)12-18(5)22-6/h7-11,18,22H,12-13H2,1-6H3. The molecular formula is C21H29N. The zero-order chi connectivity index (χ0) is 16.3. The van der Waals surface area contributed by atoms with Crippen LogP contribution in [0.15, 0.2) is 30.3 Å². The molecule has 1 nitrogen and oxygen atoms in total. The fourth-order valence-electron chi connectivity index (χ4n) is 3.31. The van der Waals surface area contributed by atoms with Crippen LogP contribution >= 0.6 is 0 Å². The minimum atomic E-state index is 0.518. The van der Waals surface area contributed by atoms with Gasteiger partial charge in [0.2, 0.25) is 0 Å². The van der Waals surface area contributed by atoms with Crippen LogP contribution in [0.5, 0.6) is 0 Å². The fourth-order valence-corrected chi connectivity index (χ4v) is 3.31. The van der Waals surface area contributed by atoms with E-state index in [4.69, 9.17) is 0 Å². The molecule has 0 aromatic heterocycles. The molecule has 0 fully saturated rings. The summed E-state index contributed by atoms with van der Waals surface area (Å²) in [5.41, 5.74) is 9.86. The van der Waals surface area contributed by atoms with Crippen molar-refractivity contribution in [3.8, 4) is 0 Å². The Balaban J connectivity index is 2.28. The van der Waals surface area contributed by atoms with Crippen molar-refractivity contribution in [3.63, 3.8) is 0 Å². The van der Waals surface area contributed by atoms with Crippen LogP contribution in [-0.2, 0) is 12.8 Å². The maximum Gasteiger partial charge on any atom is 0.00761 e. The van der Waals surface area contributed by atoms with Gasteiger partial charge in [0.25, 0.3) is 0 Å². The second-order valence-corrected chi connectivity index (χ2v) is 6.77. The molecule has 2 rings (SSSR count). The molecule has 118 valence electrons. The predicted molar refractivity (Wildman–Crippen MR) is 96.9 cm³/mol. The summed E-state index contributed by atoms with van der Waals surface area (Å²) in [5, 5.41) is 3.32. The minimum Gasteiger partial charge on any atom is -0.317 e. The summed E-state index contributed by atoms with van der Waals surface area (Å²) in [6, 6.07) is 12.1. The van der Waals surface area contributed by atoms with Crippen LogP contribution in [0.25, 0.3) is 0 Å². The Bertz CT molecular complexity index is 612. The van der Waals surface area contributed by atoms with Crippen LogP contribution in [-0.4, -0.2) is 13.1 Å². The van der Waals surface area contributed by atoms with E-state index in [1.807, 2.05) is 7.05 Å². The molecule has 0 heterocycles. The van der Waals surface area contributed by atoms with E-state index in [2.05, 4.69) is 70.3 Å². The molecule has 0 aliphatic heterocycles. The zero-order valence-electron chi connectivity index (χ0n) is 14.9. The average molecular weight is 295 g/mol. The lowest BCUT2D eigenvalue weighted by Gasteiger charge is -2.16. The predicted octanol–water partition coefficient (Wildman–Crippen LogP) is 4.66. The molecular weight excluding hydrogens is 266 g/mol. The number of benzene rings is 2. The molecule has 0 saturated heterocycles. The van der Waals surface area contributed by atoms with Crippen molar-refractivity contribution in [3.05, 3.63) is 69.3 Å². The van der Waals surface area contributed by atoms with Gasteiger partial charge in [-0.1, -0.05) is 41.5 Å². The third-order valence-corrected chi connectivity index (χ3v) is 4.45. The van der Waals surface area contributed by atoms with Crippen LogP contribution < -0.4 is 5.32 Å². The normalized spacial score (nSPS) is 12.5. The molecule has 1 atom stereocenters. The van der Waals surface area contributed by atoms with Gasteiger partial charge in [-0.3, -0.25) is 0 Å². The Kier molecular flexibility index (Phi) is 5.42. The van der Waals surface area contributed by atoms with Crippen molar-refractivity contribution < 1.29 is 0 Å². The lowest BCUT2D eigenvalue weighted by molar-refractivity contribution is 0.608. The van der Waals surface area contributed by atoms with E-state index in [0.717, 1.165) is 12.8 Å². The van der Waals surface area contributed by atoms with Gasteiger partial charge in [0, 0.05) is 6.04 Å². The zero-order valence-corrected chi connectivity index (χ0v) is 14.9. The Labute approximate surface area is 135 Å². The monoisotopic (exact) mass is 295 g/mol. The maximum absolute atomic E-state index is 3.32. The Morgan fingerprint density at radius 3 is 1.86 bits per heavy atom. The topological polar surface area (TPSA) is 12.0 Å². The average Bonchev–Trinajstić information content (AvgIpc) is 2.41. The highest BCUT2D eigenvalue weighted by atomic mass is 14.8. The van der Waals surface area contributed by atoms with E-state index in [1.54, 1.807) is 0 Å². The fraction of sp³-hybridized carbons (Fsp3) is 0.429. The molecule has 1 N–H and O–H groups in total. The molecule has 2 aromatic rings. The lowest BCUT2D eigenvalue weighted by atomic mass is 9.91. The van der Waals surface area contributed by atoms with E-state index in [9.17, 15) is 0 Å². The molecule has 2 aromatic carbocycles. The first-order valence-electron chi connectivity index (χ1n) is 8.22. The second kappa shape index (κ2) is 7.11. The van der Waals surface area contributed by atoms with Crippen molar-refractivity contribution >= 4 is 0 Å². The van der Waals surface area contributed by atoms with Crippen molar-refractivity contribution in [1.82, 2.24) is 5.32 Å². The summed E-state index contributed by atoms with van der Waals surface area (Å²) < 4.78 is 0. The smallest absolute Gasteiger partial charge is 0.00761 e. The van der Waals surface area contributed by atoms with Crippen molar-refractivity contribution in [2.24, 2.45) is 0 Å². The summed E-state index contributed by atoms with van der Waals surface area (Å²) in [6.07, 6.45) is 2.12. The number of rotatable bonds is 5. The highest BCUT2D eigenvalue weighted by Crippen LogP contribution is 2.22. The summed E-state index contributed by atoms with van der Waals surface area (Å²) in [6.45, 7) is 11.1. The number of hydrogen-bond acceptors (Lipinski definition) is 1. The molecule has 0 radical (unpaired) electrons. The van der Waals surface area contributed by atoms with Gasteiger partial charge in [0.15, 0.2) is 0 Å². The highest BCUT2D eigenvalue weighted by Gasteiger charge is 2.09. The molecule has 0 saturated carbocycles. The third-order valence-electron chi connectivity index (χ3n) is 4.45. The number of nitrogens with one attached hydrogen (secondary N) is 1. The number of hydrogen-bond donors (Lipinski definition) is 1. The van der Waals surface area contributed by atoms with Crippen LogP contribution in [0.3, 0.4) is 0 Å². The van der Waals surface area contributed by atoms with Gasteiger partial charge in [-0.05, 0) is 82.3 Å². The quantitative estimate of drug-likeness (QED) is 0.846. The van der Waals surface area contributed by atoms with Gasteiger partial charge in [0.05, 0.1) is 0 Å². The maximum atomic E-state index is 3.32. The van der Waals surface area contributed by atoms with E-state index in [1.165, 1.54) is 38.9 Å². The summed E-state index contributed by atoms with van der Waals surface area (Å²) in [5.74, 6) is 0. The second-order valence-electron chi connectivity index (χ2n) is 6.77. The molecule has 1 heteroatoms. The van der Waals surface area contributed by atoms with Gasteiger partial charge < -0.3 is 5.32 Å². The minimum absolute atomic E-state index is 0.518. The van der Waals surface area contributed by atoms with E-state index in [-0.39, 0.29) is 0 Å². The van der Waals surface area contributed by atoms with E-state index in [0.29, 0.717) is 6.04 Å². The highest BCUT2D eigenvalue weighted by molar-refractivity contribution is 5.42. The third kappa shape index (κ3) is 4.20. The first-order chi connectivity index (χ1) is 10.4. The van der Waals surface area contributed by atoms with Gasteiger partial charge in [0.1, 0.15) is 0 Å². The summed E-state index contributed by atoms with van der Waals surface area (Å²) in [7, 11) is 2.03. The SMILES string of the molecule is CNC(C)Cc1cc(C)c(Cc2cc(C)cc(C)c2)c(C)c1. The summed E-state index contributed by atoms with van der Waals surface area (Å²) in [4.78, 5) is 0. The molecule has 0 aliphatic rings. The summed E-state index contributed by atoms with van der Waals surface area (Å²) >= 11 is 0.